The van der Waals surface area contributed by atoms with Crippen LogP contribution in [0.2, 0.25) is 0 Å². The van der Waals surface area contributed by atoms with Gasteiger partial charge >= 0.3 is 0 Å². The van der Waals surface area contributed by atoms with E-state index in [2.05, 4.69) is 9.97 Å². The van der Waals surface area contributed by atoms with Gasteiger partial charge < -0.3 is 5.73 Å². The standard InChI is InChI=1S/C12H12FN3S/c1-8-4-5-15-12(16-8)17-11-3-2-9(7-14)6-10(11)13/h2-6H,7,14H2,1H3. The molecule has 88 valence electrons. The highest BCUT2D eigenvalue weighted by atomic mass is 32.2. The van der Waals surface area contributed by atoms with E-state index in [0.717, 1.165) is 11.3 Å². The zero-order valence-electron chi connectivity index (χ0n) is 9.35. The molecule has 0 fully saturated rings. The SMILES string of the molecule is Cc1ccnc(Sc2ccc(CN)cc2F)n1. The first-order valence-corrected chi connectivity index (χ1v) is 5.96. The molecule has 1 aromatic carbocycles. The molecule has 1 heterocycles. The zero-order valence-corrected chi connectivity index (χ0v) is 10.2. The molecule has 0 radical (unpaired) electrons. The maximum absolute atomic E-state index is 13.7. The van der Waals surface area contributed by atoms with E-state index >= 15 is 0 Å². The van der Waals surface area contributed by atoms with Crippen LogP contribution in [0.4, 0.5) is 4.39 Å². The first kappa shape index (κ1) is 12.0. The number of rotatable bonds is 3. The van der Waals surface area contributed by atoms with Gasteiger partial charge in [0.2, 0.25) is 0 Å². The number of nitrogens with zero attached hydrogens (tertiary/aromatic N) is 2. The summed E-state index contributed by atoms with van der Waals surface area (Å²) in [6, 6.07) is 6.76. The minimum atomic E-state index is -0.289. The quantitative estimate of drug-likeness (QED) is 0.849. The Hall–Kier alpha value is -1.46. The summed E-state index contributed by atoms with van der Waals surface area (Å²) in [5.41, 5.74) is 7.08. The van der Waals surface area contributed by atoms with Crippen molar-refractivity contribution in [1.29, 1.82) is 0 Å². The van der Waals surface area contributed by atoms with E-state index in [0.29, 0.717) is 16.6 Å². The lowest BCUT2D eigenvalue weighted by Crippen LogP contribution is -1.97. The first-order chi connectivity index (χ1) is 8.19. The van der Waals surface area contributed by atoms with Gasteiger partial charge in [-0.05, 0) is 42.4 Å². The van der Waals surface area contributed by atoms with Crippen molar-refractivity contribution in [2.45, 2.75) is 23.5 Å². The molecular formula is C12H12FN3S. The number of hydrogen-bond donors (Lipinski definition) is 1. The third-order valence-electron chi connectivity index (χ3n) is 2.21. The molecule has 0 bridgehead atoms. The van der Waals surface area contributed by atoms with Crippen LogP contribution in [0.25, 0.3) is 0 Å². The van der Waals surface area contributed by atoms with Gasteiger partial charge in [0.25, 0.3) is 0 Å². The molecule has 5 heteroatoms. The fourth-order valence-corrected chi connectivity index (χ4v) is 2.12. The highest BCUT2D eigenvalue weighted by Gasteiger charge is 2.07. The maximum Gasteiger partial charge on any atom is 0.192 e. The minimum absolute atomic E-state index is 0.289. The molecule has 2 N–H and O–H groups in total. The summed E-state index contributed by atoms with van der Waals surface area (Å²) in [5, 5.41) is 0.546. The number of aromatic nitrogens is 2. The lowest BCUT2D eigenvalue weighted by atomic mass is 10.2. The van der Waals surface area contributed by atoms with Crippen LogP contribution in [0.5, 0.6) is 0 Å². The summed E-state index contributed by atoms with van der Waals surface area (Å²) >= 11 is 1.21. The number of halogens is 1. The van der Waals surface area contributed by atoms with Crippen LogP contribution in [0.3, 0.4) is 0 Å². The lowest BCUT2D eigenvalue weighted by Gasteiger charge is -2.04. The molecule has 3 nitrogen and oxygen atoms in total. The van der Waals surface area contributed by atoms with Crippen molar-refractivity contribution in [2.75, 3.05) is 0 Å². The third kappa shape index (κ3) is 3.01. The van der Waals surface area contributed by atoms with Gasteiger partial charge in [0, 0.05) is 18.4 Å². The Balaban J connectivity index is 2.24. The predicted molar refractivity (Wildman–Crippen MR) is 65.2 cm³/mol. The average Bonchev–Trinajstić information content (AvgIpc) is 2.32. The minimum Gasteiger partial charge on any atom is -0.326 e. The van der Waals surface area contributed by atoms with E-state index in [1.54, 1.807) is 24.4 Å². The van der Waals surface area contributed by atoms with Crippen molar-refractivity contribution in [3.8, 4) is 0 Å². The Bertz CT molecular complexity index is 531. The van der Waals surface area contributed by atoms with Crippen molar-refractivity contribution >= 4 is 11.8 Å². The number of benzene rings is 1. The van der Waals surface area contributed by atoms with E-state index < -0.39 is 0 Å². The van der Waals surface area contributed by atoms with Crippen LogP contribution >= 0.6 is 11.8 Å². The second kappa shape index (κ2) is 5.25. The Morgan fingerprint density at radius 1 is 1.35 bits per heavy atom. The van der Waals surface area contributed by atoms with Crippen molar-refractivity contribution in [2.24, 2.45) is 5.73 Å². The van der Waals surface area contributed by atoms with Crippen LogP contribution in [0.15, 0.2) is 40.5 Å². The number of aryl methyl sites for hydroxylation is 1. The summed E-state index contributed by atoms with van der Waals surface area (Å²) < 4.78 is 13.7. The van der Waals surface area contributed by atoms with Crippen molar-refractivity contribution in [1.82, 2.24) is 9.97 Å². The third-order valence-corrected chi connectivity index (χ3v) is 3.14. The zero-order chi connectivity index (χ0) is 12.3. The van der Waals surface area contributed by atoms with Gasteiger partial charge in [0.1, 0.15) is 5.82 Å². The molecule has 0 aliphatic rings. The molecule has 2 rings (SSSR count). The molecule has 2 aromatic rings. The summed E-state index contributed by atoms with van der Waals surface area (Å²) in [6.07, 6.45) is 1.66. The molecule has 0 saturated carbocycles. The largest absolute Gasteiger partial charge is 0.326 e. The summed E-state index contributed by atoms with van der Waals surface area (Å²) in [4.78, 5) is 8.80. The Kier molecular flexibility index (Phi) is 3.71. The van der Waals surface area contributed by atoms with Crippen LogP contribution in [0, 0.1) is 12.7 Å². The molecule has 0 aliphatic heterocycles. The van der Waals surface area contributed by atoms with Crippen molar-refractivity contribution in [3.63, 3.8) is 0 Å². The van der Waals surface area contributed by atoms with Crippen LogP contribution in [-0.2, 0) is 6.54 Å². The highest BCUT2D eigenvalue weighted by Crippen LogP contribution is 2.27. The van der Waals surface area contributed by atoms with Crippen molar-refractivity contribution in [3.05, 3.63) is 47.5 Å². The molecule has 0 amide bonds. The van der Waals surface area contributed by atoms with Gasteiger partial charge in [0.05, 0.1) is 4.90 Å². The van der Waals surface area contributed by atoms with Gasteiger partial charge in [-0.3, -0.25) is 0 Å². The lowest BCUT2D eigenvalue weighted by molar-refractivity contribution is 0.599. The van der Waals surface area contributed by atoms with E-state index in [1.165, 1.54) is 17.8 Å². The van der Waals surface area contributed by atoms with Gasteiger partial charge in [-0.2, -0.15) is 0 Å². The number of hydrogen-bond acceptors (Lipinski definition) is 4. The van der Waals surface area contributed by atoms with Gasteiger partial charge in [-0.15, -0.1) is 0 Å². The monoisotopic (exact) mass is 249 g/mol. The second-order valence-electron chi connectivity index (χ2n) is 3.55. The summed E-state index contributed by atoms with van der Waals surface area (Å²) in [5.74, 6) is -0.289. The van der Waals surface area contributed by atoms with Crippen LogP contribution in [-0.4, -0.2) is 9.97 Å². The topological polar surface area (TPSA) is 51.8 Å². The van der Waals surface area contributed by atoms with E-state index in [9.17, 15) is 4.39 Å². The Morgan fingerprint density at radius 3 is 2.82 bits per heavy atom. The molecule has 17 heavy (non-hydrogen) atoms. The van der Waals surface area contributed by atoms with Crippen molar-refractivity contribution < 1.29 is 4.39 Å². The molecular weight excluding hydrogens is 237 g/mol. The van der Waals surface area contributed by atoms with Gasteiger partial charge in [-0.25, -0.2) is 14.4 Å². The fraction of sp³-hybridized carbons (Fsp3) is 0.167. The molecule has 1 aromatic heterocycles. The van der Waals surface area contributed by atoms with E-state index in [1.807, 2.05) is 6.92 Å². The molecule has 0 spiro atoms. The number of nitrogens with two attached hydrogens (primary N) is 1. The first-order valence-electron chi connectivity index (χ1n) is 5.15. The molecule has 0 aliphatic carbocycles. The summed E-state index contributed by atoms with van der Waals surface area (Å²) in [6.45, 7) is 2.21. The van der Waals surface area contributed by atoms with E-state index in [-0.39, 0.29) is 5.82 Å². The highest BCUT2D eigenvalue weighted by molar-refractivity contribution is 7.99. The van der Waals surface area contributed by atoms with Crippen LogP contribution < -0.4 is 5.73 Å². The van der Waals surface area contributed by atoms with Gasteiger partial charge in [-0.1, -0.05) is 6.07 Å². The Labute approximate surface area is 103 Å². The van der Waals surface area contributed by atoms with Crippen LogP contribution in [0.1, 0.15) is 11.3 Å². The second-order valence-corrected chi connectivity index (χ2v) is 4.56. The fourth-order valence-electron chi connectivity index (χ4n) is 1.33. The molecule has 0 atom stereocenters. The average molecular weight is 249 g/mol. The smallest absolute Gasteiger partial charge is 0.192 e. The molecule has 0 unspecified atom stereocenters. The Morgan fingerprint density at radius 2 is 2.18 bits per heavy atom. The predicted octanol–water partition coefficient (Wildman–Crippen LogP) is 2.53. The normalized spacial score (nSPS) is 10.5. The maximum atomic E-state index is 13.7. The van der Waals surface area contributed by atoms with Gasteiger partial charge in [0.15, 0.2) is 5.16 Å². The van der Waals surface area contributed by atoms with E-state index in [4.69, 9.17) is 5.73 Å². The summed E-state index contributed by atoms with van der Waals surface area (Å²) in [7, 11) is 0. The molecule has 0 saturated heterocycles.